The smallest absolute Gasteiger partial charge is 0.228 e. The van der Waals surface area contributed by atoms with Crippen molar-refractivity contribution >= 4 is 29.8 Å². The van der Waals surface area contributed by atoms with Crippen molar-refractivity contribution in [3.63, 3.8) is 0 Å². The molecule has 0 aliphatic rings. The Morgan fingerprint density at radius 2 is 1.70 bits per heavy atom. The van der Waals surface area contributed by atoms with Crippen molar-refractivity contribution in [3.05, 3.63) is 29.8 Å². The van der Waals surface area contributed by atoms with Crippen LogP contribution < -0.4 is 11.1 Å². The van der Waals surface area contributed by atoms with E-state index in [0.29, 0.717) is 17.8 Å². The Bertz CT molecular complexity index is 464. The molecule has 5 heteroatoms. The molecule has 0 radical (unpaired) electrons. The molecule has 0 saturated heterocycles. The first kappa shape index (κ1) is 18.6. The van der Waals surface area contributed by atoms with Crippen LogP contribution in [0.15, 0.2) is 24.3 Å². The van der Waals surface area contributed by atoms with Crippen molar-refractivity contribution in [2.45, 2.75) is 27.7 Å². The number of ketones is 1. The van der Waals surface area contributed by atoms with Crippen LogP contribution in [-0.4, -0.2) is 18.2 Å². The lowest BCUT2D eigenvalue weighted by Crippen LogP contribution is -2.26. The normalized spacial score (nSPS) is 12.2. The van der Waals surface area contributed by atoms with E-state index in [-0.39, 0.29) is 30.0 Å². The van der Waals surface area contributed by atoms with E-state index in [1.165, 1.54) is 0 Å². The molecule has 1 aromatic rings. The summed E-state index contributed by atoms with van der Waals surface area (Å²) in [6, 6.07) is 6.94. The summed E-state index contributed by atoms with van der Waals surface area (Å²) in [6.07, 6.45) is 0. The number of benzene rings is 1. The second-order valence-corrected chi connectivity index (χ2v) is 5.78. The molecule has 112 valence electrons. The monoisotopic (exact) mass is 298 g/mol. The van der Waals surface area contributed by atoms with Crippen LogP contribution in [0.1, 0.15) is 38.1 Å². The lowest BCUT2D eigenvalue weighted by atomic mass is 9.86. The molecule has 1 amide bonds. The van der Waals surface area contributed by atoms with Gasteiger partial charge in [-0.25, -0.2) is 0 Å². The summed E-state index contributed by atoms with van der Waals surface area (Å²) in [5.41, 5.74) is 6.36. The molecule has 0 fully saturated rings. The lowest BCUT2D eigenvalue weighted by molar-refractivity contribution is -0.119. The molecule has 1 unspecified atom stereocenters. The summed E-state index contributed by atoms with van der Waals surface area (Å²) >= 11 is 0. The molecule has 0 saturated carbocycles. The topological polar surface area (TPSA) is 72.2 Å². The first-order valence-corrected chi connectivity index (χ1v) is 6.41. The van der Waals surface area contributed by atoms with Crippen LogP contribution in [-0.2, 0) is 4.79 Å². The summed E-state index contributed by atoms with van der Waals surface area (Å²) < 4.78 is 0. The van der Waals surface area contributed by atoms with Gasteiger partial charge in [0.15, 0.2) is 5.78 Å². The molecule has 0 heterocycles. The molecule has 0 aromatic heterocycles. The van der Waals surface area contributed by atoms with Gasteiger partial charge in [0.2, 0.25) is 5.91 Å². The standard InChI is InChI=1S/C15H22N2O2.ClH/c1-10(9-16)14(19)17-12-7-5-11(6-8-12)13(18)15(2,3)4;/h5-8,10H,9,16H2,1-4H3,(H,17,19);1H. The maximum atomic E-state index is 12.1. The van der Waals surface area contributed by atoms with Crippen molar-refractivity contribution in [2.24, 2.45) is 17.1 Å². The number of carbonyl (C=O) groups is 2. The van der Waals surface area contributed by atoms with Crippen molar-refractivity contribution in [2.75, 3.05) is 11.9 Å². The molecule has 0 aliphatic heterocycles. The summed E-state index contributed by atoms with van der Waals surface area (Å²) in [4.78, 5) is 23.7. The number of Topliss-reactive ketones (excluding diaryl/α,β-unsaturated/α-hetero) is 1. The number of amides is 1. The van der Waals surface area contributed by atoms with Crippen molar-refractivity contribution in [1.82, 2.24) is 0 Å². The molecular formula is C15H23ClN2O2. The van der Waals surface area contributed by atoms with Gasteiger partial charge in [-0.1, -0.05) is 27.7 Å². The predicted molar refractivity (Wildman–Crippen MR) is 84.3 cm³/mol. The van der Waals surface area contributed by atoms with E-state index in [1.807, 2.05) is 20.8 Å². The Labute approximate surface area is 126 Å². The quantitative estimate of drug-likeness (QED) is 0.840. The molecule has 0 spiro atoms. The second-order valence-electron chi connectivity index (χ2n) is 5.78. The molecule has 0 aliphatic carbocycles. The van der Waals surface area contributed by atoms with Crippen LogP contribution in [0.2, 0.25) is 0 Å². The van der Waals surface area contributed by atoms with Crippen LogP contribution in [0.4, 0.5) is 5.69 Å². The van der Waals surface area contributed by atoms with E-state index in [4.69, 9.17) is 5.73 Å². The number of nitrogens with one attached hydrogen (secondary N) is 1. The molecule has 20 heavy (non-hydrogen) atoms. The van der Waals surface area contributed by atoms with Crippen molar-refractivity contribution in [1.29, 1.82) is 0 Å². The minimum Gasteiger partial charge on any atom is -0.330 e. The van der Waals surface area contributed by atoms with Crippen LogP contribution in [0, 0.1) is 11.3 Å². The van der Waals surface area contributed by atoms with E-state index < -0.39 is 5.41 Å². The number of carbonyl (C=O) groups excluding carboxylic acids is 2. The highest BCUT2D eigenvalue weighted by atomic mass is 35.5. The number of halogens is 1. The summed E-state index contributed by atoms with van der Waals surface area (Å²) in [5.74, 6) is -0.256. The van der Waals surface area contributed by atoms with Crippen LogP contribution >= 0.6 is 12.4 Å². The maximum Gasteiger partial charge on any atom is 0.228 e. The second kappa shape index (κ2) is 7.41. The summed E-state index contributed by atoms with van der Waals surface area (Å²) in [6.45, 7) is 7.73. The average molecular weight is 299 g/mol. The number of hydrogen-bond acceptors (Lipinski definition) is 3. The van der Waals surface area contributed by atoms with Crippen molar-refractivity contribution < 1.29 is 9.59 Å². The highest BCUT2D eigenvalue weighted by Gasteiger charge is 2.22. The van der Waals surface area contributed by atoms with Gasteiger partial charge in [0.25, 0.3) is 0 Å². The van der Waals surface area contributed by atoms with E-state index >= 15 is 0 Å². The largest absolute Gasteiger partial charge is 0.330 e. The fourth-order valence-corrected chi connectivity index (χ4v) is 1.51. The third-order valence-electron chi connectivity index (χ3n) is 2.90. The summed E-state index contributed by atoms with van der Waals surface area (Å²) in [7, 11) is 0. The zero-order valence-corrected chi connectivity index (χ0v) is 13.2. The fraction of sp³-hybridized carbons (Fsp3) is 0.467. The third-order valence-corrected chi connectivity index (χ3v) is 2.90. The van der Waals surface area contributed by atoms with Crippen molar-refractivity contribution in [3.8, 4) is 0 Å². The highest BCUT2D eigenvalue weighted by Crippen LogP contribution is 2.21. The molecule has 1 atom stereocenters. The fourth-order valence-electron chi connectivity index (χ4n) is 1.51. The predicted octanol–water partition coefficient (Wildman–Crippen LogP) is 2.87. The Kier molecular flexibility index (Phi) is 6.89. The van der Waals surface area contributed by atoms with E-state index in [2.05, 4.69) is 5.32 Å². The van der Waals surface area contributed by atoms with Crippen LogP contribution in [0.5, 0.6) is 0 Å². The molecule has 1 aromatic carbocycles. The van der Waals surface area contributed by atoms with Gasteiger partial charge in [0.05, 0.1) is 0 Å². The first-order chi connectivity index (χ1) is 8.75. The molecule has 3 N–H and O–H groups in total. The zero-order chi connectivity index (χ0) is 14.6. The van der Waals surface area contributed by atoms with Gasteiger partial charge in [0.1, 0.15) is 0 Å². The van der Waals surface area contributed by atoms with Crippen LogP contribution in [0.25, 0.3) is 0 Å². The first-order valence-electron chi connectivity index (χ1n) is 6.41. The van der Waals surface area contributed by atoms with Gasteiger partial charge in [-0.2, -0.15) is 0 Å². The van der Waals surface area contributed by atoms with Gasteiger partial charge >= 0.3 is 0 Å². The Morgan fingerprint density at radius 3 is 2.10 bits per heavy atom. The minimum atomic E-state index is -0.404. The highest BCUT2D eigenvalue weighted by molar-refractivity contribution is 6.00. The molecule has 4 nitrogen and oxygen atoms in total. The summed E-state index contributed by atoms with van der Waals surface area (Å²) in [5, 5.41) is 2.77. The number of anilines is 1. The lowest BCUT2D eigenvalue weighted by Gasteiger charge is -2.17. The minimum absolute atomic E-state index is 0. The van der Waals surface area contributed by atoms with Gasteiger partial charge in [-0.15, -0.1) is 12.4 Å². The van der Waals surface area contributed by atoms with E-state index in [1.54, 1.807) is 31.2 Å². The number of hydrogen-bond donors (Lipinski definition) is 2. The molecule has 1 rings (SSSR count). The molecule has 0 bridgehead atoms. The van der Waals surface area contributed by atoms with Gasteiger partial charge in [-0.3, -0.25) is 9.59 Å². The number of nitrogens with two attached hydrogens (primary N) is 1. The Hall–Kier alpha value is -1.39. The van der Waals surface area contributed by atoms with Gasteiger partial charge in [0, 0.05) is 29.1 Å². The zero-order valence-electron chi connectivity index (χ0n) is 12.4. The SMILES string of the molecule is CC(CN)C(=O)Nc1ccc(C(=O)C(C)(C)C)cc1.Cl. The number of rotatable bonds is 4. The Morgan fingerprint density at radius 1 is 1.20 bits per heavy atom. The average Bonchev–Trinajstić information content (AvgIpc) is 2.36. The third kappa shape index (κ3) is 4.94. The Balaban J connectivity index is 0.00000361. The van der Waals surface area contributed by atoms with Gasteiger partial charge < -0.3 is 11.1 Å². The maximum absolute atomic E-state index is 12.1. The van der Waals surface area contributed by atoms with Crippen LogP contribution in [0.3, 0.4) is 0 Å². The van der Waals surface area contributed by atoms with E-state index in [9.17, 15) is 9.59 Å². The van der Waals surface area contributed by atoms with E-state index in [0.717, 1.165) is 0 Å². The molecular weight excluding hydrogens is 276 g/mol. The van der Waals surface area contributed by atoms with Gasteiger partial charge in [-0.05, 0) is 24.3 Å².